The van der Waals surface area contributed by atoms with Gasteiger partial charge in [0.05, 0.1) is 17.1 Å². The summed E-state index contributed by atoms with van der Waals surface area (Å²) < 4.78 is 29.3. The lowest BCUT2D eigenvalue weighted by atomic mass is 10.2. The fourth-order valence-electron chi connectivity index (χ4n) is 3.49. The summed E-state index contributed by atoms with van der Waals surface area (Å²) in [5, 5.41) is 8.08. The number of hydrogen-bond donors (Lipinski definition) is 0. The van der Waals surface area contributed by atoms with Crippen LogP contribution < -0.4 is 4.90 Å². The molecule has 3 aromatic rings. The molecule has 2 aromatic carbocycles. The van der Waals surface area contributed by atoms with E-state index in [0.29, 0.717) is 48.8 Å². The van der Waals surface area contributed by atoms with Gasteiger partial charge in [0.2, 0.25) is 0 Å². The largest absolute Gasteiger partial charge is 0.366 e. The molecule has 1 aliphatic heterocycles. The van der Waals surface area contributed by atoms with Gasteiger partial charge in [0.1, 0.15) is 11.6 Å². The van der Waals surface area contributed by atoms with E-state index in [1.807, 2.05) is 4.90 Å². The Morgan fingerprint density at radius 3 is 2.38 bits per heavy atom. The molecule has 1 fully saturated rings. The predicted octanol–water partition coefficient (Wildman–Crippen LogP) is 3.12. The molecule has 150 valence electrons. The number of piperazine rings is 1. The number of aryl methyl sites for hydroxylation is 1. The normalized spacial score (nSPS) is 14.3. The number of anilines is 1. The molecule has 2 heterocycles. The van der Waals surface area contributed by atoms with Crippen molar-refractivity contribution in [1.82, 2.24) is 19.9 Å². The molecule has 0 atom stereocenters. The number of benzene rings is 2. The van der Waals surface area contributed by atoms with Crippen molar-refractivity contribution in [3.8, 4) is 5.69 Å². The number of carbonyl (C=O) groups is 1. The molecule has 29 heavy (non-hydrogen) atoms. The number of halogens is 2. The van der Waals surface area contributed by atoms with Crippen molar-refractivity contribution in [2.45, 2.75) is 13.8 Å². The zero-order chi connectivity index (χ0) is 20.5. The summed E-state index contributed by atoms with van der Waals surface area (Å²) >= 11 is 0. The van der Waals surface area contributed by atoms with Crippen LogP contribution in [0.5, 0.6) is 0 Å². The monoisotopic (exact) mass is 397 g/mol. The Labute approximate surface area is 167 Å². The van der Waals surface area contributed by atoms with Gasteiger partial charge in [-0.2, -0.15) is 0 Å². The molecule has 0 radical (unpaired) electrons. The van der Waals surface area contributed by atoms with Crippen molar-refractivity contribution in [3.05, 3.63) is 71.1 Å². The van der Waals surface area contributed by atoms with Crippen molar-refractivity contribution in [3.63, 3.8) is 0 Å². The van der Waals surface area contributed by atoms with Gasteiger partial charge >= 0.3 is 0 Å². The topological polar surface area (TPSA) is 54.3 Å². The quantitative estimate of drug-likeness (QED) is 0.682. The smallest absolute Gasteiger partial charge is 0.276 e. The van der Waals surface area contributed by atoms with Gasteiger partial charge in [0, 0.05) is 26.2 Å². The molecular weight excluding hydrogens is 376 g/mol. The van der Waals surface area contributed by atoms with Crippen molar-refractivity contribution in [2.75, 3.05) is 31.1 Å². The van der Waals surface area contributed by atoms with E-state index in [1.165, 1.54) is 16.8 Å². The van der Waals surface area contributed by atoms with E-state index in [1.54, 1.807) is 49.1 Å². The van der Waals surface area contributed by atoms with Gasteiger partial charge in [-0.3, -0.25) is 4.79 Å². The summed E-state index contributed by atoms with van der Waals surface area (Å²) in [4.78, 5) is 16.6. The average Bonchev–Trinajstić information content (AvgIpc) is 3.11. The first-order valence-corrected chi connectivity index (χ1v) is 9.43. The van der Waals surface area contributed by atoms with E-state index >= 15 is 0 Å². The zero-order valence-electron chi connectivity index (χ0n) is 16.3. The second-order valence-electron chi connectivity index (χ2n) is 7.10. The summed E-state index contributed by atoms with van der Waals surface area (Å²) in [5.74, 6) is -0.833. The van der Waals surface area contributed by atoms with Gasteiger partial charge in [0.25, 0.3) is 5.91 Å². The van der Waals surface area contributed by atoms with Gasteiger partial charge in [-0.15, -0.1) is 5.10 Å². The van der Waals surface area contributed by atoms with Gasteiger partial charge in [-0.1, -0.05) is 23.4 Å². The standard InChI is InChI=1S/C21H21F2N5O/c1-14-7-8-16(13-18(14)23)28-15(2)20(24-25-28)21(29)27-11-9-26(10-12-27)19-6-4-3-5-17(19)22/h3-8,13H,9-12H2,1-2H3. The summed E-state index contributed by atoms with van der Waals surface area (Å²) in [5.41, 5.74) is 2.39. The molecule has 8 heteroatoms. The summed E-state index contributed by atoms with van der Waals surface area (Å²) in [6.45, 7) is 5.40. The minimum atomic E-state index is -0.338. The van der Waals surface area contributed by atoms with E-state index in [4.69, 9.17) is 0 Å². The fraction of sp³-hybridized carbons (Fsp3) is 0.286. The molecule has 1 saturated heterocycles. The number of rotatable bonds is 3. The van der Waals surface area contributed by atoms with Gasteiger partial charge in [-0.05, 0) is 43.7 Å². The maximum absolute atomic E-state index is 14.0. The molecule has 0 spiro atoms. The number of amides is 1. The highest BCUT2D eigenvalue weighted by Gasteiger charge is 2.27. The molecule has 1 aromatic heterocycles. The van der Waals surface area contributed by atoms with E-state index in [9.17, 15) is 13.6 Å². The van der Waals surface area contributed by atoms with Gasteiger partial charge in [0.15, 0.2) is 5.69 Å². The van der Waals surface area contributed by atoms with Crippen LogP contribution in [0, 0.1) is 25.5 Å². The molecule has 1 amide bonds. The summed E-state index contributed by atoms with van der Waals surface area (Å²) in [7, 11) is 0. The molecule has 0 bridgehead atoms. The fourth-order valence-corrected chi connectivity index (χ4v) is 3.49. The third-order valence-electron chi connectivity index (χ3n) is 5.26. The van der Waals surface area contributed by atoms with Crippen LogP contribution in [0.4, 0.5) is 14.5 Å². The Kier molecular flexibility index (Phi) is 5.00. The second kappa shape index (κ2) is 7.62. The van der Waals surface area contributed by atoms with Crippen LogP contribution in [-0.4, -0.2) is 52.0 Å². The molecule has 1 aliphatic rings. The number of aromatic nitrogens is 3. The number of para-hydroxylation sites is 1. The summed E-state index contributed by atoms with van der Waals surface area (Å²) in [6.07, 6.45) is 0. The SMILES string of the molecule is Cc1ccc(-n2nnc(C(=O)N3CCN(c4ccccc4F)CC3)c2C)cc1F. The van der Waals surface area contributed by atoms with Crippen LogP contribution in [-0.2, 0) is 0 Å². The van der Waals surface area contributed by atoms with Crippen LogP contribution in [0.15, 0.2) is 42.5 Å². The average molecular weight is 397 g/mol. The minimum Gasteiger partial charge on any atom is -0.366 e. The number of carbonyl (C=O) groups excluding carboxylic acids is 1. The number of nitrogens with zero attached hydrogens (tertiary/aromatic N) is 5. The van der Waals surface area contributed by atoms with E-state index < -0.39 is 0 Å². The third-order valence-corrected chi connectivity index (χ3v) is 5.26. The molecule has 0 saturated carbocycles. The maximum atomic E-state index is 14.0. The third kappa shape index (κ3) is 3.57. The molecule has 0 unspecified atom stereocenters. The molecule has 0 aliphatic carbocycles. The van der Waals surface area contributed by atoms with E-state index in [2.05, 4.69) is 10.3 Å². The van der Waals surface area contributed by atoms with Crippen molar-refractivity contribution < 1.29 is 13.6 Å². The number of hydrogen-bond acceptors (Lipinski definition) is 4. The van der Waals surface area contributed by atoms with Crippen LogP contribution in [0.2, 0.25) is 0 Å². The van der Waals surface area contributed by atoms with Crippen molar-refractivity contribution in [2.24, 2.45) is 0 Å². The Morgan fingerprint density at radius 2 is 1.69 bits per heavy atom. The first-order chi connectivity index (χ1) is 14.0. The van der Waals surface area contributed by atoms with Crippen LogP contribution in [0.1, 0.15) is 21.7 Å². The van der Waals surface area contributed by atoms with E-state index in [-0.39, 0.29) is 23.2 Å². The van der Waals surface area contributed by atoms with Crippen molar-refractivity contribution in [1.29, 1.82) is 0 Å². The van der Waals surface area contributed by atoms with Crippen LogP contribution >= 0.6 is 0 Å². The first-order valence-electron chi connectivity index (χ1n) is 9.43. The highest BCUT2D eigenvalue weighted by molar-refractivity contribution is 5.93. The molecule has 4 rings (SSSR count). The van der Waals surface area contributed by atoms with Gasteiger partial charge < -0.3 is 9.80 Å². The minimum absolute atomic E-state index is 0.227. The maximum Gasteiger partial charge on any atom is 0.276 e. The predicted molar refractivity (Wildman–Crippen MR) is 105 cm³/mol. The second-order valence-corrected chi connectivity index (χ2v) is 7.10. The zero-order valence-corrected chi connectivity index (χ0v) is 16.3. The highest BCUT2D eigenvalue weighted by atomic mass is 19.1. The Morgan fingerprint density at radius 1 is 0.966 bits per heavy atom. The molecule has 0 N–H and O–H groups in total. The Balaban J connectivity index is 1.49. The molecule has 6 nitrogen and oxygen atoms in total. The van der Waals surface area contributed by atoms with Crippen molar-refractivity contribution >= 4 is 11.6 Å². The van der Waals surface area contributed by atoms with Crippen LogP contribution in [0.3, 0.4) is 0 Å². The lowest BCUT2D eigenvalue weighted by Crippen LogP contribution is -2.49. The molecular formula is C21H21F2N5O. The summed E-state index contributed by atoms with van der Waals surface area (Å²) in [6, 6.07) is 11.4. The lowest BCUT2D eigenvalue weighted by Gasteiger charge is -2.35. The highest BCUT2D eigenvalue weighted by Crippen LogP contribution is 2.21. The van der Waals surface area contributed by atoms with E-state index in [0.717, 1.165) is 0 Å². The van der Waals surface area contributed by atoms with Crippen LogP contribution in [0.25, 0.3) is 5.69 Å². The van der Waals surface area contributed by atoms with Gasteiger partial charge in [-0.25, -0.2) is 13.5 Å². The first kappa shape index (κ1) is 19.0. The lowest BCUT2D eigenvalue weighted by molar-refractivity contribution is 0.0740. The Hall–Kier alpha value is -3.29. The Bertz CT molecular complexity index is 1060.